The number of ketones is 2. The predicted octanol–water partition coefficient (Wildman–Crippen LogP) is 4.48. The average molecular weight is 339 g/mol. The summed E-state index contributed by atoms with van der Waals surface area (Å²) in [6.07, 6.45) is -0.363. The predicted molar refractivity (Wildman–Crippen MR) is 70.4 cm³/mol. The van der Waals surface area contributed by atoms with Gasteiger partial charge < -0.3 is 0 Å². The Balaban J connectivity index is 0.000000180. The zero-order valence-electron chi connectivity index (χ0n) is 9.84. The van der Waals surface area contributed by atoms with E-state index in [1.807, 2.05) is 11.4 Å². The third kappa shape index (κ3) is 5.35. The Bertz CT molecular complexity index is 431. The summed E-state index contributed by atoms with van der Waals surface area (Å²) in [6, 6.07) is 1.83. The van der Waals surface area contributed by atoms with Crippen molar-refractivity contribution in [3.05, 3.63) is 20.8 Å². The normalized spacial score (nSPS) is 17.9. The van der Waals surface area contributed by atoms with Crippen LogP contribution in [0.2, 0.25) is 0 Å². The lowest BCUT2D eigenvalue weighted by Crippen LogP contribution is -2.24. The van der Waals surface area contributed by atoms with Crippen LogP contribution in [0.3, 0.4) is 0 Å². The maximum Gasteiger partial charge on any atom is 0.249 e. The highest BCUT2D eigenvalue weighted by atomic mass is 79.9. The van der Waals surface area contributed by atoms with Gasteiger partial charge in [0.25, 0.3) is 0 Å². The van der Waals surface area contributed by atoms with E-state index >= 15 is 0 Å². The molecule has 100 valence electrons. The van der Waals surface area contributed by atoms with Gasteiger partial charge >= 0.3 is 0 Å². The van der Waals surface area contributed by atoms with Crippen molar-refractivity contribution in [2.45, 2.75) is 38.5 Å². The van der Waals surface area contributed by atoms with Gasteiger partial charge in [-0.1, -0.05) is 0 Å². The number of thiophene rings is 1. The topological polar surface area (TPSA) is 34.1 Å². The molecule has 1 aliphatic carbocycles. The number of hydrogen-bond acceptors (Lipinski definition) is 3. The molecular weight excluding hydrogens is 326 g/mol. The fourth-order valence-corrected chi connectivity index (χ4v) is 2.72. The molecule has 1 fully saturated rings. The van der Waals surface area contributed by atoms with Crippen molar-refractivity contribution in [3.63, 3.8) is 0 Å². The number of halogens is 3. The van der Waals surface area contributed by atoms with Crippen molar-refractivity contribution >= 4 is 38.8 Å². The van der Waals surface area contributed by atoms with Gasteiger partial charge in [0.05, 0.1) is 4.88 Å². The summed E-state index contributed by atoms with van der Waals surface area (Å²) in [5.74, 6) is -2.46. The highest BCUT2D eigenvalue weighted by Crippen LogP contribution is 2.30. The first-order valence-electron chi connectivity index (χ1n) is 5.45. The van der Waals surface area contributed by atoms with E-state index in [4.69, 9.17) is 0 Å². The number of Topliss-reactive ketones (excluding diaryl/α,β-unsaturated/α-hetero) is 2. The molecule has 0 amide bonds. The molecule has 0 spiro atoms. The van der Waals surface area contributed by atoms with Crippen molar-refractivity contribution in [1.82, 2.24) is 0 Å². The Kier molecular flexibility index (Phi) is 5.59. The second kappa shape index (κ2) is 6.52. The zero-order chi connectivity index (χ0) is 13.8. The molecule has 1 heterocycles. The molecule has 18 heavy (non-hydrogen) atoms. The second-order valence-electron chi connectivity index (χ2n) is 4.08. The average Bonchev–Trinajstić information content (AvgIpc) is 2.71. The van der Waals surface area contributed by atoms with Gasteiger partial charge in [0.1, 0.15) is 5.78 Å². The first-order valence-corrected chi connectivity index (χ1v) is 7.12. The SMILES string of the molecule is CC(=O)c1cc(Br)cs1.O=C1CCC(F)(F)CC1. The molecular formula is C12H13BrF2O2S. The van der Waals surface area contributed by atoms with Gasteiger partial charge in [-0.2, -0.15) is 0 Å². The smallest absolute Gasteiger partial charge is 0.249 e. The Morgan fingerprint density at radius 1 is 1.39 bits per heavy atom. The molecule has 1 saturated carbocycles. The van der Waals surface area contributed by atoms with Gasteiger partial charge in [-0.15, -0.1) is 11.3 Å². The Hall–Kier alpha value is -0.620. The van der Waals surface area contributed by atoms with Crippen LogP contribution in [-0.4, -0.2) is 17.5 Å². The fraction of sp³-hybridized carbons (Fsp3) is 0.500. The Morgan fingerprint density at radius 2 is 1.94 bits per heavy atom. The molecule has 2 rings (SSSR count). The monoisotopic (exact) mass is 338 g/mol. The third-order valence-corrected chi connectivity index (χ3v) is 4.25. The maximum absolute atomic E-state index is 12.2. The molecule has 0 aliphatic heterocycles. The third-order valence-electron chi connectivity index (χ3n) is 2.45. The minimum Gasteiger partial charge on any atom is -0.300 e. The molecule has 1 aliphatic rings. The van der Waals surface area contributed by atoms with Crippen LogP contribution in [0.25, 0.3) is 0 Å². The molecule has 0 radical (unpaired) electrons. The van der Waals surface area contributed by atoms with E-state index < -0.39 is 5.92 Å². The molecule has 0 N–H and O–H groups in total. The molecule has 0 atom stereocenters. The van der Waals surface area contributed by atoms with E-state index in [2.05, 4.69) is 15.9 Å². The minimum atomic E-state index is -2.56. The lowest BCUT2D eigenvalue weighted by molar-refractivity contribution is -0.128. The molecule has 1 aromatic heterocycles. The van der Waals surface area contributed by atoms with Gasteiger partial charge in [-0.3, -0.25) is 9.59 Å². The molecule has 0 aromatic carbocycles. The standard InChI is InChI=1S/C6H5BrOS.C6H8F2O/c1-4(8)6-2-5(7)3-9-6;7-6(8)3-1-5(9)2-4-6/h2-3H,1H3;1-4H2. The van der Waals surface area contributed by atoms with Crippen molar-refractivity contribution in [1.29, 1.82) is 0 Å². The van der Waals surface area contributed by atoms with E-state index in [9.17, 15) is 18.4 Å². The van der Waals surface area contributed by atoms with Gasteiger partial charge in [-0.05, 0) is 28.9 Å². The number of rotatable bonds is 1. The maximum atomic E-state index is 12.2. The van der Waals surface area contributed by atoms with E-state index in [1.54, 1.807) is 6.92 Å². The second-order valence-corrected chi connectivity index (χ2v) is 5.91. The van der Waals surface area contributed by atoms with E-state index in [0.717, 1.165) is 9.35 Å². The summed E-state index contributed by atoms with van der Waals surface area (Å²) < 4.78 is 25.4. The number of alkyl halides is 2. The van der Waals surface area contributed by atoms with Crippen LogP contribution >= 0.6 is 27.3 Å². The molecule has 2 nitrogen and oxygen atoms in total. The summed E-state index contributed by atoms with van der Waals surface area (Å²) in [6.45, 7) is 1.57. The molecule has 0 bridgehead atoms. The van der Waals surface area contributed by atoms with Gasteiger partial charge in [0, 0.05) is 35.5 Å². The van der Waals surface area contributed by atoms with Crippen LogP contribution in [0.5, 0.6) is 0 Å². The summed E-state index contributed by atoms with van der Waals surface area (Å²) in [5, 5.41) is 1.90. The first kappa shape index (κ1) is 15.4. The van der Waals surface area contributed by atoms with Crippen LogP contribution in [-0.2, 0) is 4.79 Å². The van der Waals surface area contributed by atoms with Crippen LogP contribution < -0.4 is 0 Å². The summed E-state index contributed by atoms with van der Waals surface area (Å²) >= 11 is 4.72. The Morgan fingerprint density at radius 3 is 2.22 bits per heavy atom. The summed E-state index contributed by atoms with van der Waals surface area (Å²) in [7, 11) is 0. The first-order chi connectivity index (χ1) is 8.30. The lowest BCUT2D eigenvalue weighted by Gasteiger charge is -2.19. The number of carbonyl (C=O) groups is 2. The van der Waals surface area contributed by atoms with Crippen molar-refractivity contribution in [3.8, 4) is 0 Å². The molecule has 1 aromatic rings. The van der Waals surface area contributed by atoms with E-state index in [1.165, 1.54) is 11.3 Å². The van der Waals surface area contributed by atoms with Gasteiger partial charge in [0.15, 0.2) is 5.78 Å². The van der Waals surface area contributed by atoms with E-state index in [-0.39, 0.29) is 37.2 Å². The summed E-state index contributed by atoms with van der Waals surface area (Å²) in [5.41, 5.74) is 0. The summed E-state index contributed by atoms with van der Waals surface area (Å²) in [4.78, 5) is 21.9. The number of carbonyl (C=O) groups excluding carboxylic acids is 2. The van der Waals surface area contributed by atoms with Crippen LogP contribution in [0.1, 0.15) is 42.3 Å². The van der Waals surface area contributed by atoms with Crippen LogP contribution in [0.4, 0.5) is 8.78 Å². The highest BCUT2D eigenvalue weighted by Gasteiger charge is 2.33. The zero-order valence-corrected chi connectivity index (χ0v) is 12.2. The molecule has 0 saturated heterocycles. The fourth-order valence-electron chi connectivity index (χ4n) is 1.39. The van der Waals surface area contributed by atoms with Crippen molar-refractivity contribution in [2.75, 3.05) is 0 Å². The van der Waals surface area contributed by atoms with Crippen molar-refractivity contribution in [2.24, 2.45) is 0 Å². The van der Waals surface area contributed by atoms with Crippen LogP contribution in [0, 0.1) is 0 Å². The Labute approximate surface area is 117 Å². The quantitative estimate of drug-likeness (QED) is 0.707. The van der Waals surface area contributed by atoms with Crippen LogP contribution in [0.15, 0.2) is 15.9 Å². The number of hydrogen-bond donors (Lipinski definition) is 0. The minimum absolute atomic E-state index is 0.0269. The lowest BCUT2D eigenvalue weighted by atomic mass is 9.96. The largest absolute Gasteiger partial charge is 0.300 e. The molecule has 0 unspecified atom stereocenters. The van der Waals surface area contributed by atoms with Gasteiger partial charge in [0.2, 0.25) is 5.92 Å². The van der Waals surface area contributed by atoms with Gasteiger partial charge in [-0.25, -0.2) is 8.78 Å². The molecule has 6 heteroatoms. The highest BCUT2D eigenvalue weighted by molar-refractivity contribution is 9.10. The van der Waals surface area contributed by atoms with E-state index in [0.29, 0.717) is 0 Å². The van der Waals surface area contributed by atoms with Crippen molar-refractivity contribution < 1.29 is 18.4 Å².